The van der Waals surface area contributed by atoms with Crippen LogP contribution in [0, 0.1) is 0 Å². The molecule has 0 aromatic heterocycles. The summed E-state index contributed by atoms with van der Waals surface area (Å²) in [4.78, 5) is 28.1. The van der Waals surface area contributed by atoms with Crippen molar-refractivity contribution in [3.05, 3.63) is 18.2 Å². The number of carbonyl (C=O) groups excluding carboxylic acids is 2. The quantitative estimate of drug-likeness (QED) is 0.867. The van der Waals surface area contributed by atoms with Gasteiger partial charge in [-0.15, -0.1) is 0 Å². The van der Waals surface area contributed by atoms with Crippen LogP contribution in [0.5, 0.6) is 5.75 Å². The lowest BCUT2D eigenvalue weighted by Gasteiger charge is -2.34. The van der Waals surface area contributed by atoms with Crippen molar-refractivity contribution >= 4 is 23.3 Å². The Bertz CT molecular complexity index is 655. The summed E-state index contributed by atoms with van der Waals surface area (Å²) in [6.07, 6.45) is 0.954. The summed E-state index contributed by atoms with van der Waals surface area (Å²) in [6, 6.07) is 5.07. The maximum atomic E-state index is 12.6. The van der Waals surface area contributed by atoms with Crippen LogP contribution in [0.3, 0.4) is 0 Å². The second-order valence-electron chi connectivity index (χ2n) is 7.52. The van der Waals surface area contributed by atoms with E-state index in [-0.39, 0.29) is 17.5 Å². The van der Waals surface area contributed by atoms with Crippen molar-refractivity contribution in [2.45, 2.75) is 39.7 Å². The molecule has 0 atom stereocenters. The minimum Gasteiger partial charge on any atom is -0.494 e. The van der Waals surface area contributed by atoms with E-state index in [9.17, 15) is 9.59 Å². The third-order valence-electron chi connectivity index (χ3n) is 4.50. The summed E-state index contributed by atoms with van der Waals surface area (Å²) in [5.74, 6) is 0.334. The van der Waals surface area contributed by atoms with Gasteiger partial charge in [0.2, 0.25) is 5.91 Å². The van der Waals surface area contributed by atoms with Gasteiger partial charge in [0.1, 0.15) is 5.75 Å². The van der Waals surface area contributed by atoms with Gasteiger partial charge in [-0.3, -0.25) is 9.69 Å². The zero-order chi connectivity index (χ0) is 19.3. The third kappa shape index (κ3) is 5.36. The van der Waals surface area contributed by atoms with E-state index in [0.29, 0.717) is 23.7 Å². The molecule has 0 radical (unpaired) electrons. The van der Waals surface area contributed by atoms with Crippen LogP contribution in [0.2, 0.25) is 0 Å². The molecule has 1 aliphatic rings. The van der Waals surface area contributed by atoms with Crippen molar-refractivity contribution in [2.24, 2.45) is 0 Å². The lowest BCUT2D eigenvalue weighted by atomic mass is 10.1. The minimum atomic E-state index is -0.173. The Morgan fingerprint density at radius 3 is 2.42 bits per heavy atom. The van der Waals surface area contributed by atoms with Gasteiger partial charge in [-0.25, -0.2) is 4.79 Å². The Labute approximate surface area is 155 Å². The first-order chi connectivity index (χ1) is 12.2. The van der Waals surface area contributed by atoms with Gasteiger partial charge in [-0.05, 0) is 39.3 Å². The van der Waals surface area contributed by atoms with E-state index < -0.39 is 0 Å². The number of carbonyl (C=O) groups is 2. The summed E-state index contributed by atoms with van der Waals surface area (Å²) >= 11 is 0. The minimum absolute atomic E-state index is 0.111. The van der Waals surface area contributed by atoms with Crippen LogP contribution in [-0.2, 0) is 4.79 Å². The molecule has 1 heterocycles. The molecule has 7 nitrogen and oxygen atoms in total. The highest BCUT2D eigenvalue weighted by Gasteiger charge is 2.25. The average molecular weight is 362 g/mol. The van der Waals surface area contributed by atoms with Crippen LogP contribution in [0.1, 0.15) is 34.1 Å². The first kappa shape index (κ1) is 20.0. The SMILES string of the molecule is COc1cc(NC(=O)N2CCCN(C(C)(C)C)CC2)ccc1NC(C)=O. The summed E-state index contributed by atoms with van der Waals surface area (Å²) in [5, 5.41) is 5.63. The molecule has 0 aliphatic carbocycles. The van der Waals surface area contributed by atoms with Crippen molar-refractivity contribution in [3.8, 4) is 5.75 Å². The molecule has 2 rings (SSSR count). The van der Waals surface area contributed by atoms with E-state index in [2.05, 4.69) is 36.3 Å². The van der Waals surface area contributed by atoms with Gasteiger partial charge in [0.05, 0.1) is 12.8 Å². The van der Waals surface area contributed by atoms with Crippen LogP contribution in [-0.4, -0.2) is 60.6 Å². The van der Waals surface area contributed by atoms with E-state index in [1.807, 2.05) is 4.90 Å². The zero-order valence-electron chi connectivity index (χ0n) is 16.4. The third-order valence-corrected chi connectivity index (χ3v) is 4.50. The van der Waals surface area contributed by atoms with E-state index in [1.165, 1.54) is 14.0 Å². The Kier molecular flexibility index (Phi) is 6.47. The maximum absolute atomic E-state index is 12.6. The number of amides is 3. The van der Waals surface area contributed by atoms with Crippen LogP contribution in [0.4, 0.5) is 16.2 Å². The van der Waals surface area contributed by atoms with Crippen molar-refractivity contribution in [1.82, 2.24) is 9.80 Å². The number of anilines is 2. The number of nitrogens with zero attached hydrogens (tertiary/aromatic N) is 2. The van der Waals surface area contributed by atoms with Crippen molar-refractivity contribution in [2.75, 3.05) is 43.9 Å². The highest BCUT2D eigenvalue weighted by molar-refractivity contribution is 5.93. The number of urea groups is 1. The maximum Gasteiger partial charge on any atom is 0.321 e. The normalized spacial score (nSPS) is 16.0. The highest BCUT2D eigenvalue weighted by Crippen LogP contribution is 2.28. The summed E-state index contributed by atoms with van der Waals surface area (Å²) < 4.78 is 5.30. The fourth-order valence-corrected chi connectivity index (χ4v) is 3.06. The van der Waals surface area contributed by atoms with Crippen LogP contribution in [0.25, 0.3) is 0 Å². The summed E-state index contributed by atoms with van der Waals surface area (Å²) in [7, 11) is 1.53. The molecule has 1 aliphatic heterocycles. The molecule has 2 N–H and O–H groups in total. The molecule has 26 heavy (non-hydrogen) atoms. The van der Waals surface area contributed by atoms with Gasteiger partial charge in [-0.1, -0.05) is 0 Å². The molecule has 1 saturated heterocycles. The van der Waals surface area contributed by atoms with E-state index in [1.54, 1.807) is 18.2 Å². The Balaban J connectivity index is 2.02. The van der Waals surface area contributed by atoms with E-state index >= 15 is 0 Å². The molecular weight excluding hydrogens is 332 g/mol. The van der Waals surface area contributed by atoms with E-state index in [0.717, 1.165) is 26.1 Å². The Morgan fingerprint density at radius 1 is 1.08 bits per heavy atom. The predicted octanol–water partition coefficient (Wildman–Crippen LogP) is 2.99. The van der Waals surface area contributed by atoms with Gasteiger partial charge >= 0.3 is 6.03 Å². The molecular formula is C19H30N4O3. The molecule has 144 valence electrons. The van der Waals surface area contributed by atoms with Gasteiger partial charge < -0.3 is 20.3 Å². The van der Waals surface area contributed by atoms with Crippen LogP contribution >= 0.6 is 0 Å². The molecule has 3 amide bonds. The fourth-order valence-electron chi connectivity index (χ4n) is 3.06. The number of methoxy groups -OCH3 is 1. The molecule has 1 aromatic carbocycles. The number of hydrogen-bond donors (Lipinski definition) is 2. The van der Waals surface area contributed by atoms with Gasteiger partial charge in [0.15, 0.2) is 0 Å². The molecule has 0 saturated carbocycles. The fraction of sp³-hybridized carbons (Fsp3) is 0.579. The number of hydrogen-bond acceptors (Lipinski definition) is 4. The molecule has 0 unspecified atom stereocenters. The molecule has 0 bridgehead atoms. The lowest BCUT2D eigenvalue weighted by Crippen LogP contribution is -2.44. The standard InChI is InChI=1S/C19H30N4O3/c1-14(24)20-16-8-7-15(13-17(16)26-5)21-18(25)22-9-6-10-23(12-11-22)19(2,3)4/h7-8,13H,6,9-12H2,1-5H3,(H,20,24)(H,21,25). The van der Waals surface area contributed by atoms with Crippen molar-refractivity contribution in [1.29, 1.82) is 0 Å². The second-order valence-corrected chi connectivity index (χ2v) is 7.52. The zero-order valence-corrected chi connectivity index (χ0v) is 16.4. The van der Waals surface area contributed by atoms with Gasteiger partial charge in [0, 0.05) is 50.4 Å². The molecule has 0 spiro atoms. The second kappa shape index (κ2) is 8.40. The smallest absolute Gasteiger partial charge is 0.321 e. The molecule has 7 heteroatoms. The van der Waals surface area contributed by atoms with Crippen LogP contribution < -0.4 is 15.4 Å². The largest absolute Gasteiger partial charge is 0.494 e. The highest BCUT2D eigenvalue weighted by atomic mass is 16.5. The Morgan fingerprint density at radius 2 is 1.81 bits per heavy atom. The molecule has 1 aromatic rings. The first-order valence-electron chi connectivity index (χ1n) is 8.97. The number of rotatable bonds is 3. The number of benzene rings is 1. The Hall–Kier alpha value is -2.28. The monoisotopic (exact) mass is 362 g/mol. The predicted molar refractivity (Wildman–Crippen MR) is 104 cm³/mol. The van der Waals surface area contributed by atoms with Crippen molar-refractivity contribution < 1.29 is 14.3 Å². The first-order valence-corrected chi connectivity index (χ1v) is 8.97. The van der Waals surface area contributed by atoms with Crippen molar-refractivity contribution in [3.63, 3.8) is 0 Å². The lowest BCUT2D eigenvalue weighted by molar-refractivity contribution is -0.114. The number of nitrogens with one attached hydrogen (secondary N) is 2. The summed E-state index contributed by atoms with van der Waals surface area (Å²) in [5.41, 5.74) is 1.32. The van der Waals surface area contributed by atoms with E-state index in [4.69, 9.17) is 4.74 Å². The van der Waals surface area contributed by atoms with Crippen LogP contribution in [0.15, 0.2) is 18.2 Å². The number of ether oxygens (including phenoxy) is 1. The molecule has 1 fully saturated rings. The topological polar surface area (TPSA) is 73.9 Å². The summed E-state index contributed by atoms with van der Waals surface area (Å²) in [6.45, 7) is 11.3. The average Bonchev–Trinajstić information content (AvgIpc) is 2.81. The van der Waals surface area contributed by atoms with Gasteiger partial charge in [-0.2, -0.15) is 0 Å². The van der Waals surface area contributed by atoms with Gasteiger partial charge in [0.25, 0.3) is 0 Å².